The fourth-order valence-electron chi connectivity index (χ4n) is 2.70. The standard InChI is InChI=1S/C15H22BrNO2S/c1-2-19-15(18)10-13(14-9-12(16)11-20-14)17-7-5-3-4-6-8-17/h9,11,13H,2-8,10H2,1H3. The zero-order valence-electron chi connectivity index (χ0n) is 11.9. The van der Waals surface area contributed by atoms with Gasteiger partial charge in [-0.15, -0.1) is 11.3 Å². The Kier molecular flexibility index (Phi) is 6.52. The summed E-state index contributed by atoms with van der Waals surface area (Å²) >= 11 is 5.23. The molecule has 20 heavy (non-hydrogen) atoms. The lowest BCUT2D eigenvalue weighted by atomic mass is 10.1. The molecule has 0 spiro atoms. The number of hydrogen-bond donors (Lipinski definition) is 0. The Morgan fingerprint density at radius 1 is 1.40 bits per heavy atom. The zero-order valence-corrected chi connectivity index (χ0v) is 14.3. The van der Waals surface area contributed by atoms with E-state index in [9.17, 15) is 4.79 Å². The van der Waals surface area contributed by atoms with Crippen LogP contribution in [-0.4, -0.2) is 30.6 Å². The fraction of sp³-hybridized carbons (Fsp3) is 0.667. The van der Waals surface area contributed by atoms with E-state index in [-0.39, 0.29) is 12.0 Å². The molecule has 0 N–H and O–H groups in total. The van der Waals surface area contributed by atoms with E-state index in [1.165, 1.54) is 30.6 Å². The van der Waals surface area contributed by atoms with Gasteiger partial charge in [-0.3, -0.25) is 9.69 Å². The summed E-state index contributed by atoms with van der Waals surface area (Å²) in [5.74, 6) is -0.0914. The van der Waals surface area contributed by atoms with Gasteiger partial charge in [-0.2, -0.15) is 0 Å². The molecule has 112 valence electrons. The smallest absolute Gasteiger partial charge is 0.307 e. The van der Waals surface area contributed by atoms with Crippen LogP contribution in [0, 0.1) is 0 Å². The third-order valence-corrected chi connectivity index (χ3v) is 5.46. The van der Waals surface area contributed by atoms with E-state index in [1.807, 2.05) is 6.92 Å². The molecule has 1 atom stereocenters. The Morgan fingerprint density at radius 2 is 2.10 bits per heavy atom. The lowest BCUT2D eigenvalue weighted by Crippen LogP contribution is -2.31. The molecule has 1 fully saturated rings. The van der Waals surface area contributed by atoms with E-state index in [1.54, 1.807) is 11.3 Å². The Hall–Kier alpha value is -0.390. The molecule has 1 aliphatic rings. The third-order valence-electron chi connectivity index (χ3n) is 3.66. The number of rotatable bonds is 5. The molecule has 1 aromatic heterocycles. The molecule has 3 nitrogen and oxygen atoms in total. The summed E-state index contributed by atoms with van der Waals surface area (Å²) in [4.78, 5) is 15.6. The van der Waals surface area contributed by atoms with Gasteiger partial charge in [-0.1, -0.05) is 12.8 Å². The van der Waals surface area contributed by atoms with Crippen LogP contribution in [0.15, 0.2) is 15.9 Å². The Morgan fingerprint density at radius 3 is 2.65 bits per heavy atom. The molecule has 0 radical (unpaired) electrons. The minimum atomic E-state index is -0.0914. The van der Waals surface area contributed by atoms with Crippen LogP contribution in [0.3, 0.4) is 0 Å². The van der Waals surface area contributed by atoms with Crippen molar-refractivity contribution >= 4 is 33.2 Å². The van der Waals surface area contributed by atoms with Crippen molar-refractivity contribution in [3.05, 3.63) is 20.8 Å². The summed E-state index contributed by atoms with van der Waals surface area (Å²) in [5.41, 5.74) is 0. The fourth-order valence-corrected chi connectivity index (χ4v) is 4.28. The van der Waals surface area contributed by atoms with Gasteiger partial charge in [0.1, 0.15) is 0 Å². The van der Waals surface area contributed by atoms with Crippen LogP contribution in [0.5, 0.6) is 0 Å². The summed E-state index contributed by atoms with van der Waals surface area (Å²) in [5, 5.41) is 2.09. The molecule has 1 aliphatic heterocycles. The van der Waals surface area contributed by atoms with Gasteiger partial charge < -0.3 is 4.74 Å². The Labute approximate surface area is 133 Å². The van der Waals surface area contributed by atoms with Crippen molar-refractivity contribution in [1.82, 2.24) is 4.90 Å². The number of esters is 1. The van der Waals surface area contributed by atoms with E-state index in [0.29, 0.717) is 13.0 Å². The van der Waals surface area contributed by atoms with Gasteiger partial charge in [-0.25, -0.2) is 0 Å². The predicted octanol–water partition coefficient (Wildman–Crippen LogP) is 4.38. The van der Waals surface area contributed by atoms with Gasteiger partial charge in [0.15, 0.2) is 0 Å². The first-order valence-electron chi connectivity index (χ1n) is 7.34. The number of nitrogens with zero attached hydrogens (tertiary/aromatic N) is 1. The van der Waals surface area contributed by atoms with E-state index in [4.69, 9.17) is 4.74 Å². The van der Waals surface area contributed by atoms with Gasteiger partial charge in [0.05, 0.1) is 19.1 Å². The molecule has 2 heterocycles. The number of carbonyl (C=O) groups excluding carboxylic acids is 1. The SMILES string of the molecule is CCOC(=O)CC(c1cc(Br)cs1)N1CCCCCC1. The lowest BCUT2D eigenvalue weighted by molar-refractivity contribution is -0.144. The summed E-state index contributed by atoms with van der Waals surface area (Å²) in [6.45, 7) is 4.49. The van der Waals surface area contributed by atoms with Crippen LogP contribution in [0.1, 0.15) is 49.9 Å². The summed E-state index contributed by atoms with van der Waals surface area (Å²) < 4.78 is 6.25. The zero-order chi connectivity index (χ0) is 14.4. The lowest BCUT2D eigenvalue weighted by Gasteiger charge is -2.29. The van der Waals surface area contributed by atoms with E-state index in [0.717, 1.165) is 17.6 Å². The molecule has 0 amide bonds. The van der Waals surface area contributed by atoms with Crippen molar-refractivity contribution in [1.29, 1.82) is 0 Å². The van der Waals surface area contributed by atoms with Crippen molar-refractivity contribution in [2.45, 2.75) is 45.1 Å². The second-order valence-corrected chi connectivity index (χ2v) is 7.00. The molecule has 0 bridgehead atoms. The highest BCUT2D eigenvalue weighted by atomic mass is 79.9. The molecule has 2 rings (SSSR count). The maximum absolute atomic E-state index is 11.9. The Bertz CT molecular complexity index is 427. The van der Waals surface area contributed by atoms with Crippen LogP contribution in [0.2, 0.25) is 0 Å². The van der Waals surface area contributed by atoms with Crippen LogP contribution < -0.4 is 0 Å². The Balaban J connectivity index is 2.12. The second kappa shape index (κ2) is 8.15. The highest BCUT2D eigenvalue weighted by Gasteiger charge is 2.25. The van der Waals surface area contributed by atoms with Gasteiger partial charge in [0.2, 0.25) is 0 Å². The molecular weight excluding hydrogens is 338 g/mol. The molecule has 0 aromatic carbocycles. The van der Waals surface area contributed by atoms with Crippen molar-refractivity contribution < 1.29 is 9.53 Å². The molecule has 1 saturated heterocycles. The molecule has 1 aromatic rings. The van der Waals surface area contributed by atoms with Crippen molar-refractivity contribution in [2.24, 2.45) is 0 Å². The maximum Gasteiger partial charge on any atom is 0.307 e. The normalized spacial score (nSPS) is 18.5. The molecular formula is C15H22BrNO2S. The first-order chi connectivity index (χ1) is 9.70. The van der Waals surface area contributed by atoms with E-state index < -0.39 is 0 Å². The van der Waals surface area contributed by atoms with E-state index >= 15 is 0 Å². The summed E-state index contributed by atoms with van der Waals surface area (Å²) in [7, 11) is 0. The number of ether oxygens (including phenoxy) is 1. The van der Waals surface area contributed by atoms with Crippen LogP contribution in [0.25, 0.3) is 0 Å². The molecule has 1 unspecified atom stereocenters. The molecule has 0 saturated carbocycles. The molecule has 0 aliphatic carbocycles. The van der Waals surface area contributed by atoms with Gasteiger partial charge in [-0.05, 0) is 54.9 Å². The predicted molar refractivity (Wildman–Crippen MR) is 86.1 cm³/mol. The average molecular weight is 360 g/mol. The van der Waals surface area contributed by atoms with Gasteiger partial charge >= 0.3 is 5.97 Å². The number of carbonyl (C=O) groups is 1. The number of thiophene rings is 1. The quantitative estimate of drug-likeness (QED) is 0.730. The molecule has 5 heteroatoms. The largest absolute Gasteiger partial charge is 0.466 e. The first-order valence-corrected chi connectivity index (χ1v) is 9.01. The third kappa shape index (κ3) is 4.57. The van der Waals surface area contributed by atoms with Crippen molar-refractivity contribution in [3.8, 4) is 0 Å². The highest BCUT2D eigenvalue weighted by molar-refractivity contribution is 9.10. The van der Waals surface area contributed by atoms with Crippen LogP contribution in [0.4, 0.5) is 0 Å². The second-order valence-electron chi connectivity index (χ2n) is 5.14. The summed E-state index contributed by atoms with van der Waals surface area (Å²) in [6, 6.07) is 2.31. The first kappa shape index (κ1) is 16.0. The summed E-state index contributed by atoms with van der Waals surface area (Å²) in [6.07, 6.45) is 5.52. The maximum atomic E-state index is 11.9. The minimum Gasteiger partial charge on any atom is -0.466 e. The number of halogens is 1. The monoisotopic (exact) mass is 359 g/mol. The van der Waals surface area contributed by atoms with Crippen molar-refractivity contribution in [3.63, 3.8) is 0 Å². The van der Waals surface area contributed by atoms with Gasteiger partial charge in [0, 0.05) is 14.7 Å². The number of likely N-dealkylation sites (tertiary alicyclic amines) is 1. The highest BCUT2D eigenvalue weighted by Crippen LogP contribution is 2.33. The van der Waals surface area contributed by atoms with E-state index in [2.05, 4.69) is 32.3 Å². The minimum absolute atomic E-state index is 0.0914. The number of hydrogen-bond acceptors (Lipinski definition) is 4. The average Bonchev–Trinajstić information content (AvgIpc) is 2.69. The van der Waals surface area contributed by atoms with Crippen molar-refractivity contribution in [2.75, 3.05) is 19.7 Å². The van der Waals surface area contributed by atoms with Gasteiger partial charge in [0.25, 0.3) is 0 Å². The topological polar surface area (TPSA) is 29.5 Å². The van der Waals surface area contributed by atoms with Crippen LogP contribution in [-0.2, 0) is 9.53 Å². The van der Waals surface area contributed by atoms with Crippen LogP contribution >= 0.6 is 27.3 Å².